The quantitative estimate of drug-likeness (QED) is 0.778. The second kappa shape index (κ2) is 4.26. The van der Waals surface area contributed by atoms with E-state index in [1.165, 1.54) is 12.3 Å². The highest BCUT2D eigenvalue weighted by molar-refractivity contribution is 9.10. The number of para-hydroxylation sites is 1. The topological polar surface area (TPSA) is 46.5 Å². The number of aliphatic hydroxyl groups excluding tert-OH is 1. The number of aliphatic hydroxyl groups is 1. The van der Waals surface area contributed by atoms with Crippen molar-refractivity contribution in [2.24, 2.45) is 0 Å². The van der Waals surface area contributed by atoms with Crippen molar-refractivity contribution in [2.75, 3.05) is 0 Å². The van der Waals surface area contributed by atoms with E-state index >= 15 is 0 Å². The van der Waals surface area contributed by atoms with Crippen molar-refractivity contribution in [3.63, 3.8) is 0 Å². The molecule has 0 bridgehead atoms. The molecule has 0 aliphatic carbocycles. The summed E-state index contributed by atoms with van der Waals surface area (Å²) in [7, 11) is 0. The van der Waals surface area contributed by atoms with Crippen molar-refractivity contribution in [1.29, 1.82) is 0 Å². The number of hydrogen-bond acceptors (Lipinski definition) is 3. The fourth-order valence-electron chi connectivity index (χ4n) is 1.83. The molecule has 1 unspecified atom stereocenters. The molecule has 0 aliphatic heterocycles. The van der Waals surface area contributed by atoms with Crippen LogP contribution in [0, 0.1) is 5.82 Å². The van der Waals surface area contributed by atoms with Gasteiger partial charge in [-0.2, -0.15) is 0 Å². The summed E-state index contributed by atoms with van der Waals surface area (Å²) >= 11 is 3.18. The Morgan fingerprint density at radius 1 is 1.28 bits per heavy atom. The molecule has 3 nitrogen and oxygen atoms in total. The summed E-state index contributed by atoms with van der Waals surface area (Å²) in [4.78, 5) is 0. The molecule has 3 rings (SSSR count). The standard InChI is InChI=1S/C13H8BrFO3/c14-13-8(4-5-17-13)11(16)10-6-7-2-1-3-9(15)12(7)18-10/h1-6,11,16H. The van der Waals surface area contributed by atoms with E-state index in [-0.39, 0.29) is 11.3 Å². The molecule has 92 valence electrons. The molecule has 0 spiro atoms. The molecule has 3 aromatic rings. The summed E-state index contributed by atoms with van der Waals surface area (Å²) in [6.45, 7) is 0. The predicted octanol–water partition coefficient (Wildman–Crippen LogP) is 4.01. The van der Waals surface area contributed by atoms with Crippen molar-refractivity contribution in [2.45, 2.75) is 6.10 Å². The summed E-state index contributed by atoms with van der Waals surface area (Å²) in [5.74, 6) is -0.172. The highest BCUT2D eigenvalue weighted by Crippen LogP contribution is 2.33. The summed E-state index contributed by atoms with van der Waals surface area (Å²) in [5, 5.41) is 10.8. The van der Waals surface area contributed by atoms with Gasteiger partial charge in [-0.3, -0.25) is 0 Å². The third-order valence-corrected chi connectivity index (χ3v) is 3.37. The fourth-order valence-corrected chi connectivity index (χ4v) is 2.29. The Balaban J connectivity index is 2.10. The van der Waals surface area contributed by atoms with Crippen LogP contribution >= 0.6 is 15.9 Å². The van der Waals surface area contributed by atoms with Gasteiger partial charge in [-0.15, -0.1) is 0 Å². The first kappa shape index (κ1) is 11.5. The number of furan rings is 2. The van der Waals surface area contributed by atoms with Crippen LogP contribution in [-0.4, -0.2) is 5.11 Å². The van der Waals surface area contributed by atoms with Crippen LogP contribution in [0.5, 0.6) is 0 Å². The van der Waals surface area contributed by atoms with Crippen LogP contribution in [0.15, 0.2) is 50.1 Å². The summed E-state index contributed by atoms with van der Waals surface area (Å²) < 4.78 is 24.3. The smallest absolute Gasteiger partial charge is 0.175 e. The molecule has 0 amide bonds. The molecule has 1 atom stereocenters. The molecule has 18 heavy (non-hydrogen) atoms. The first-order valence-electron chi connectivity index (χ1n) is 5.25. The number of fused-ring (bicyclic) bond motifs is 1. The lowest BCUT2D eigenvalue weighted by atomic mass is 10.1. The Bertz CT molecular complexity index is 701. The van der Waals surface area contributed by atoms with Crippen molar-refractivity contribution < 1.29 is 18.3 Å². The Morgan fingerprint density at radius 2 is 2.11 bits per heavy atom. The van der Waals surface area contributed by atoms with Gasteiger partial charge in [0.25, 0.3) is 0 Å². The van der Waals surface area contributed by atoms with Crippen LogP contribution in [0.3, 0.4) is 0 Å². The third kappa shape index (κ3) is 1.76. The minimum absolute atomic E-state index is 0.145. The zero-order chi connectivity index (χ0) is 12.7. The van der Waals surface area contributed by atoms with E-state index in [4.69, 9.17) is 8.83 Å². The first-order valence-corrected chi connectivity index (χ1v) is 6.05. The number of halogens is 2. The molecule has 0 aliphatic rings. The van der Waals surface area contributed by atoms with Crippen molar-refractivity contribution in [1.82, 2.24) is 0 Å². The first-order chi connectivity index (χ1) is 8.66. The molecule has 2 aromatic heterocycles. The van der Waals surface area contributed by atoms with Gasteiger partial charge in [0.15, 0.2) is 16.1 Å². The lowest BCUT2D eigenvalue weighted by Crippen LogP contribution is -1.96. The monoisotopic (exact) mass is 310 g/mol. The fraction of sp³-hybridized carbons (Fsp3) is 0.0769. The van der Waals surface area contributed by atoms with Crippen molar-refractivity contribution in [3.8, 4) is 0 Å². The Kier molecular flexibility index (Phi) is 2.72. The lowest BCUT2D eigenvalue weighted by Gasteiger charge is -2.04. The largest absolute Gasteiger partial charge is 0.457 e. The van der Waals surface area contributed by atoms with Gasteiger partial charge in [-0.1, -0.05) is 12.1 Å². The van der Waals surface area contributed by atoms with Gasteiger partial charge in [-0.25, -0.2) is 4.39 Å². The minimum Gasteiger partial charge on any atom is -0.457 e. The summed E-state index contributed by atoms with van der Waals surface area (Å²) in [6.07, 6.45) is 0.455. The van der Waals surface area contributed by atoms with E-state index in [2.05, 4.69) is 15.9 Å². The zero-order valence-electron chi connectivity index (χ0n) is 9.06. The minimum atomic E-state index is -0.995. The molecule has 0 saturated carbocycles. The molecule has 1 aromatic carbocycles. The SMILES string of the molecule is OC(c1cc2cccc(F)c2o1)c1ccoc1Br. The molecule has 0 saturated heterocycles. The van der Waals surface area contributed by atoms with E-state index in [1.807, 2.05) is 0 Å². The second-order valence-electron chi connectivity index (χ2n) is 3.86. The normalized spacial score (nSPS) is 13.1. The van der Waals surface area contributed by atoms with Crippen molar-refractivity contribution >= 4 is 26.9 Å². The highest BCUT2D eigenvalue weighted by Gasteiger charge is 2.20. The summed E-state index contributed by atoms with van der Waals surface area (Å²) in [5.41, 5.74) is 0.681. The van der Waals surface area contributed by atoms with Crippen LogP contribution in [0.4, 0.5) is 4.39 Å². The third-order valence-electron chi connectivity index (χ3n) is 2.73. The molecule has 2 heterocycles. The van der Waals surface area contributed by atoms with Gasteiger partial charge in [0, 0.05) is 10.9 Å². The average molecular weight is 311 g/mol. The van der Waals surface area contributed by atoms with Crippen LogP contribution in [-0.2, 0) is 0 Å². The maximum Gasteiger partial charge on any atom is 0.175 e. The number of benzene rings is 1. The van der Waals surface area contributed by atoms with Gasteiger partial charge in [0.2, 0.25) is 0 Å². The molecular formula is C13H8BrFO3. The molecule has 5 heteroatoms. The van der Waals surface area contributed by atoms with E-state index in [1.54, 1.807) is 24.3 Å². The van der Waals surface area contributed by atoms with Gasteiger partial charge in [0.05, 0.1) is 6.26 Å². The number of hydrogen-bond donors (Lipinski definition) is 1. The van der Waals surface area contributed by atoms with Crippen LogP contribution in [0.1, 0.15) is 17.4 Å². The number of rotatable bonds is 2. The molecular weight excluding hydrogens is 303 g/mol. The summed E-state index contributed by atoms with van der Waals surface area (Å²) in [6, 6.07) is 7.87. The molecule has 0 fully saturated rings. The average Bonchev–Trinajstić information content (AvgIpc) is 2.95. The van der Waals surface area contributed by atoms with Gasteiger partial charge >= 0.3 is 0 Å². The Labute approximate surface area is 110 Å². The van der Waals surface area contributed by atoms with Crippen LogP contribution < -0.4 is 0 Å². The molecule has 0 radical (unpaired) electrons. The van der Waals surface area contributed by atoms with Crippen molar-refractivity contribution in [3.05, 3.63) is 58.4 Å². The van der Waals surface area contributed by atoms with Gasteiger partial charge in [0.1, 0.15) is 11.9 Å². The Hall–Kier alpha value is -1.59. The predicted molar refractivity (Wildman–Crippen MR) is 66.6 cm³/mol. The van der Waals surface area contributed by atoms with E-state index in [9.17, 15) is 9.50 Å². The van der Waals surface area contributed by atoms with E-state index in [0.717, 1.165) is 0 Å². The van der Waals surface area contributed by atoms with Crippen LogP contribution in [0.25, 0.3) is 11.0 Å². The van der Waals surface area contributed by atoms with E-state index in [0.29, 0.717) is 15.6 Å². The van der Waals surface area contributed by atoms with Crippen LogP contribution in [0.2, 0.25) is 0 Å². The van der Waals surface area contributed by atoms with E-state index < -0.39 is 11.9 Å². The van der Waals surface area contributed by atoms with Gasteiger partial charge in [-0.05, 0) is 34.1 Å². The lowest BCUT2D eigenvalue weighted by molar-refractivity contribution is 0.190. The second-order valence-corrected chi connectivity index (χ2v) is 4.58. The maximum absolute atomic E-state index is 13.5. The Morgan fingerprint density at radius 3 is 2.78 bits per heavy atom. The molecule has 1 N–H and O–H groups in total. The highest BCUT2D eigenvalue weighted by atomic mass is 79.9. The zero-order valence-corrected chi connectivity index (χ0v) is 10.6. The maximum atomic E-state index is 13.5. The van der Waals surface area contributed by atoms with Gasteiger partial charge < -0.3 is 13.9 Å².